The van der Waals surface area contributed by atoms with E-state index in [2.05, 4.69) is 51.2 Å². The molecule has 0 spiro atoms. The van der Waals surface area contributed by atoms with Gasteiger partial charge in [-0.3, -0.25) is 19.9 Å². The zero-order valence-corrected chi connectivity index (χ0v) is 21.9. The van der Waals surface area contributed by atoms with E-state index in [-0.39, 0.29) is 17.1 Å². The van der Waals surface area contributed by atoms with Crippen molar-refractivity contribution in [2.75, 3.05) is 21.3 Å². The number of nitrogens with one attached hydrogen (secondary N) is 6. The molecule has 0 saturated heterocycles. The summed E-state index contributed by atoms with van der Waals surface area (Å²) in [6.45, 7) is 0. The first-order valence-corrected chi connectivity index (χ1v) is 12.6. The number of anilines is 8. The Hall–Kier alpha value is -5.52. The smallest absolute Gasteiger partial charge is 0.400 e. The molecule has 1 aliphatic heterocycles. The first kappa shape index (κ1) is 23.4. The van der Waals surface area contributed by atoms with E-state index < -0.39 is 0 Å². The molecule has 0 fully saturated rings. The summed E-state index contributed by atoms with van der Waals surface area (Å²) in [7, 11) is 0. The maximum Gasteiger partial charge on any atom is 2.00 e. The average Bonchev–Trinajstić information content (AvgIpc) is 3.73. The molecule has 1 radical (unpaired) electrons. The zero-order valence-electron chi connectivity index (χ0n) is 20.9. The van der Waals surface area contributed by atoms with Gasteiger partial charge in [0.25, 0.3) is 0 Å². The van der Waals surface area contributed by atoms with Crippen molar-refractivity contribution in [2.45, 2.75) is 0 Å². The summed E-state index contributed by atoms with van der Waals surface area (Å²) in [5.74, 6) is 5.76. The van der Waals surface area contributed by atoms with Crippen LogP contribution in [0.25, 0.3) is 43.1 Å². The largest absolute Gasteiger partial charge is 2.00 e. The number of H-pyrrole nitrogens is 2. The molecule has 9 rings (SSSR count). The Morgan fingerprint density at radius 2 is 0.707 bits per heavy atom. The SMILES string of the molecule is [Cu+2].c1cc2c3[n-]c(c2cn1)Nc1[nH]c(c2cnccc12)Nc1[n-]c(c2ccncc12)Nc1[nH]c(c2cnccc12)N3. The number of fused-ring (bicyclic) bond motifs is 20. The van der Waals surface area contributed by atoms with Gasteiger partial charge in [-0.25, -0.2) is 0 Å². The van der Waals surface area contributed by atoms with Crippen LogP contribution in [0.3, 0.4) is 0 Å². The molecule has 0 unspecified atom stereocenters. The van der Waals surface area contributed by atoms with Crippen LogP contribution in [0.4, 0.5) is 46.5 Å². The van der Waals surface area contributed by atoms with Crippen molar-refractivity contribution in [3.8, 4) is 0 Å². The minimum absolute atomic E-state index is 0. The van der Waals surface area contributed by atoms with Gasteiger partial charge in [-0.15, -0.1) is 0 Å². The second-order valence-corrected chi connectivity index (χ2v) is 9.55. The van der Waals surface area contributed by atoms with Crippen LogP contribution in [0, 0.1) is 0 Å². The molecular formula is C28H18CuN12. The van der Waals surface area contributed by atoms with Gasteiger partial charge in [-0.05, 0) is 35.0 Å². The van der Waals surface area contributed by atoms with Crippen LogP contribution in [0.5, 0.6) is 0 Å². The first-order valence-electron chi connectivity index (χ1n) is 12.6. The molecule has 0 saturated carbocycles. The number of aromatic amines is 2. The third kappa shape index (κ3) is 3.46. The molecule has 13 heteroatoms. The second-order valence-electron chi connectivity index (χ2n) is 9.55. The number of aromatic nitrogens is 8. The molecule has 6 N–H and O–H groups in total. The maximum absolute atomic E-state index is 4.96. The molecule has 0 aromatic carbocycles. The Bertz CT molecular complexity index is 1790. The Kier molecular flexibility index (Phi) is 4.99. The van der Waals surface area contributed by atoms with Gasteiger partial charge in [0, 0.05) is 105 Å². The van der Waals surface area contributed by atoms with E-state index in [1.54, 1.807) is 24.8 Å². The van der Waals surface area contributed by atoms with E-state index in [4.69, 9.17) is 9.97 Å². The summed E-state index contributed by atoms with van der Waals surface area (Å²) >= 11 is 0. The third-order valence-electron chi connectivity index (χ3n) is 7.30. The zero-order chi connectivity index (χ0) is 26.2. The molecule has 201 valence electrons. The Morgan fingerprint density at radius 1 is 0.390 bits per heavy atom. The van der Waals surface area contributed by atoms with Gasteiger partial charge in [-0.2, -0.15) is 0 Å². The van der Waals surface area contributed by atoms with Gasteiger partial charge in [0.15, 0.2) is 0 Å². The topological polar surface area (TPSA) is 159 Å². The van der Waals surface area contributed by atoms with Gasteiger partial charge in [0.1, 0.15) is 0 Å². The number of hydrogen-bond donors (Lipinski definition) is 6. The maximum atomic E-state index is 4.96. The molecule has 9 heterocycles. The second kappa shape index (κ2) is 8.74. The fourth-order valence-corrected chi connectivity index (χ4v) is 5.44. The van der Waals surface area contributed by atoms with Gasteiger partial charge in [0.2, 0.25) is 0 Å². The van der Waals surface area contributed by atoms with Crippen molar-refractivity contribution >= 4 is 89.6 Å². The number of rotatable bonds is 0. The average molecular weight is 586 g/mol. The Balaban J connectivity index is 0.00000256. The third-order valence-corrected chi connectivity index (χ3v) is 7.30. The van der Waals surface area contributed by atoms with E-state index in [0.717, 1.165) is 66.4 Å². The van der Waals surface area contributed by atoms with E-state index in [9.17, 15) is 0 Å². The Morgan fingerprint density at radius 3 is 1.12 bits per heavy atom. The summed E-state index contributed by atoms with van der Waals surface area (Å²) in [4.78, 5) is 34.4. The number of pyridine rings is 4. The molecule has 0 atom stereocenters. The van der Waals surface area contributed by atoms with E-state index >= 15 is 0 Å². The number of nitrogens with zero attached hydrogens (tertiary/aromatic N) is 6. The minimum atomic E-state index is 0. The summed E-state index contributed by atoms with van der Waals surface area (Å²) in [6, 6.07) is 7.82. The van der Waals surface area contributed by atoms with Crippen LogP contribution in [-0.4, -0.2) is 29.9 Å². The monoisotopic (exact) mass is 585 g/mol. The van der Waals surface area contributed by atoms with Gasteiger partial charge < -0.3 is 41.2 Å². The molecule has 0 amide bonds. The predicted octanol–water partition coefficient (Wildman–Crippen LogP) is 5.74. The molecule has 1 aliphatic rings. The molecule has 8 bridgehead atoms. The summed E-state index contributed by atoms with van der Waals surface area (Å²) in [6.07, 6.45) is 14.3. The Labute approximate surface area is 241 Å². The first-order chi connectivity index (χ1) is 19.8. The quantitative estimate of drug-likeness (QED) is 0.121. The van der Waals surface area contributed by atoms with E-state index in [1.807, 2.05) is 49.1 Å². The van der Waals surface area contributed by atoms with Gasteiger partial charge in [-0.1, -0.05) is 0 Å². The van der Waals surface area contributed by atoms with Crippen molar-refractivity contribution in [2.24, 2.45) is 0 Å². The number of hydrogen-bond acceptors (Lipinski definition) is 8. The molecule has 8 aromatic heterocycles. The van der Waals surface area contributed by atoms with Gasteiger partial charge >= 0.3 is 17.1 Å². The summed E-state index contributed by atoms with van der Waals surface area (Å²) < 4.78 is 0. The van der Waals surface area contributed by atoms with Crippen LogP contribution in [0.1, 0.15) is 0 Å². The molecule has 12 nitrogen and oxygen atoms in total. The van der Waals surface area contributed by atoms with Crippen molar-refractivity contribution < 1.29 is 17.1 Å². The van der Waals surface area contributed by atoms with E-state index in [1.165, 1.54) is 0 Å². The molecule has 0 aliphatic carbocycles. The van der Waals surface area contributed by atoms with Crippen molar-refractivity contribution in [3.05, 3.63) is 73.8 Å². The predicted molar refractivity (Wildman–Crippen MR) is 155 cm³/mol. The summed E-state index contributed by atoms with van der Waals surface area (Å²) in [5, 5.41) is 21.4. The fraction of sp³-hybridized carbons (Fsp3) is 0. The van der Waals surface area contributed by atoms with Crippen LogP contribution in [-0.2, 0) is 17.1 Å². The van der Waals surface area contributed by atoms with Gasteiger partial charge in [0.05, 0.1) is 23.3 Å². The van der Waals surface area contributed by atoms with Crippen molar-refractivity contribution in [1.82, 2.24) is 39.9 Å². The fourth-order valence-electron chi connectivity index (χ4n) is 5.44. The van der Waals surface area contributed by atoms with E-state index in [0.29, 0.717) is 23.3 Å². The molecule has 41 heavy (non-hydrogen) atoms. The van der Waals surface area contributed by atoms with Crippen LogP contribution < -0.4 is 31.2 Å². The van der Waals surface area contributed by atoms with Crippen LogP contribution in [0.2, 0.25) is 0 Å². The molecule has 8 aromatic rings. The standard InChI is InChI=1S/C28H18N12.Cu/c1-5-29-9-17-13(1)21-33-22-14-2-6-31-11-19(14)27(35-22)40-28-20-12-32-8-4-16(20)24(39-28)38-26-18-10-30-7-3-15(18)23(37-26)36-25(17)34-21;/h1-12,33-34,36,38-40H;/q-2;+2. The minimum Gasteiger partial charge on any atom is -0.400 e. The van der Waals surface area contributed by atoms with Crippen LogP contribution >= 0.6 is 0 Å². The van der Waals surface area contributed by atoms with Crippen LogP contribution in [0.15, 0.2) is 73.8 Å². The normalized spacial score (nSPS) is 12.5. The summed E-state index contributed by atoms with van der Waals surface area (Å²) in [5.41, 5.74) is 0. The van der Waals surface area contributed by atoms with Crippen molar-refractivity contribution in [1.29, 1.82) is 0 Å². The van der Waals surface area contributed by atoms with Crippen molar-refractivity contribution in [3.63, 3.8) is 0 Å². The molecular weight excluding hydrogens is 568 g/mol.